The van der Waals surface area contributed by atoms with Crippen molar-refractivity contribution in [3.05, 3.63) is 59.4 Å². The number of aliphatic hydroxyl groups excluding tert-OH is 1. The molecule has 5 nitrogen and oxygen atoms in total. The molecule has 1 heterocycles. The van der Waals surface area contributed by atoms with E-state index in [1.165, 1.54) is 12.4 Å². The lowest BCUT2D eigenvalue weighted by molar-refractivity contribution is 0.267. The molecule has 0 fully saturated rings. The molecule has 0 aliphatic carbocycles. The fourth-order valence-corrected chi connectivity index (χ4v) is 2.80. The van der Waals surface area contributed by atoms with Crippen molar-refractivity contribution in [1.82, 2.24) is 9.71 Å². The fourth-order valence-electron chi connectivity index (χ4n) is 1.69. The predicted molar refractivity (Wildman–Crippen MR) is 70.5 cm³/mol. The first kappa shape index (κ1) is 15.5. The van der Waals surface area contributed by atoms with Crippen LogP contribution in [0.25, 0.3) is 0 Å². The molecule has 2 N–H and O–H groups in total. The van der Waals surface area contributed by atoms with Crippen LogP contribution in [0.4, 0.5) is 8.78 Å². The van der Waals surface area contributed by atoms with Crippen LogP contribution in [0.1, 0.15) is 11.1 Å². The molecular weight excluding hydrogens is 302 g/mol. The lowest BCUT2D eigenvalue weighted by Crippen LogP contribution is -2.24. The van der Waals surface area contributed by atoms with Gasteiger partial charge in [0.25, 0.3) is 0 Å². The third-order valence-corrected chi connectivity index (χ3v) is 4.23. The average Bonchev–Trinajstić information content (AvgIpc) is 2.46. The topological polar surface area (TPSA) is 79.3 Å². The van der Waals surface area contributed by atoms with Crippen LogP contribution in [0.2, 0.25) is 0 Å². The lowest BCUT2D eigenvalue weighted by atomic mass is 10.2. The van der Waals surface area contributed by atoms with Gasteiger partial charge in [-0.05, 0) is 29.8 Å². The Morgan fingerprint density at radius 2 is 1.81 bits per heavy atom. The SMILES string of the molecule is O=S(=O)(NCc1ccncc1)c1ccc(F)c(CO)c1F. The van der Waals surface area contributed by atoms with E-state index in [2.05, 4.69) is 9.71 Å². The third kappa shape index (κ3) is 3.41. The molecule has 1 aromatic heterocycles. The van der Waals surface area contributed by atoms with Crippen LogP contribution < -0.4 is 4.72 Å². The smallest absolute Gasteiger partial charge is 0.243 e. The van der Waals surface area contributed by atoms with Crippen molar-refractivity contribution >= 4 is 10.0 Å². The summed E-state index contributed by atoms with van der Waals surface area (Å²) in [5.74, 6) is -2.29. The molecule has 0 spiro atoms. The van der Waals surface area contributed by atoms with Gasteiger partial charge in [0.2, 0.25) is 10.0 Å². The van der Waals surface area contributed by atoms with Crippen molar-refractivity contribution in [2.24, 2.45) is 0 Å². The van der Waals surface area contributed by atoms with Gasteiger partial charge in [-0.1, -0.05) is 0 Å². The van der Waals surface area contributed by atoms with E-state index >= 15 is 0 Å². The van der Waals surface area contributed by atoms with Gasteiger partial charge in [-0.3, -0.25) is 4.98 Å². The molecule has 0 saturated heterocycles. The maximum Gasteiger partial charge on any atom is 0.243 e. The number of rotatable bonds is 5. The highest BCUT2D eigenvalue weighted by atomic mass is 32.2. The Morgan fingerprint density at radius 3 is 2.43 bits per heavy atom. The Bertz CT molecular complexity index is 737. The van der Waals surface area contributed by atoms with Gasteiger partial charge in [0.05, 0.1) is 12.2 Å². The van der Waals surface area contributed by atoms with E-state index in [4.69, 9.17) is 5.11 Å². The number of sulfonamides is 1. The van der Waals surface area contributed by atoms with Gasteiger partial charge in [-0.25, -0.2) is 21.9 Å². The average molecular weight is 314 g/mol. The van der Waals surface area contributed by atoms with Crippen LogP contribution in [0.15, 0.2) is 41.6 Å². The minimum Gasteiger partial charge on any atom is -0.391 e. The summed E-state index contributed by atoms with van der Waals surface area (Å²) < 4.78 is 53.4. The van der Waals surface area contributed by atoms with E-state index in [-0.39, 0.29) is 6.54 Å². The van der Waals surface area contributed by atoms with Crippen LogP contribution in [-0.4, -0.2) is 18.5 Å². The summed E-state index contributed by atoms with van der Waals surface area (Å²) in [6.07, 6.45) is 2.98. The van der Waals surface area contributed by atoms with Crippen LogP contribution in [0.3, 0.4) is 0 Å². The van der Waals surface area contributed by atoms with Crippen molar-refractivity contribution in [3.63, 3.8) is 0 Å². The van der Waals surface area contributed by atoms with Crippen LogP contribution >= 0.6 is 0 Å². The standard InChI is InChI=1S/C13H12F2N2O3S/c14-11-1-2-12(13(15)10(11)8-18)21(19,20)17-7-9-3-5-16-6-4-9/h1-6,17-18H,7-8H2. The zero-order valence-corrected chi connectivity index (χ0v) is 11.6. The Morgan fingerprint density at radius 1 is 1.14 bits per heavy atom. The maximum atomic E-state index is 13.9. The molecule has 21 heavy (non-hydrogen) atoms. The first-order valence-corrected chi connectivity index (χ1v) is 7.40. The first-order valence-electron chi connectivity index (χ1n) is 5.92. The summed E-state index contributed by atoms with van der Waals surface area (Å²) in [7, 11) is -4.16. The summed E-state index contributed by atoms with van der Waals surface area (Å²) in [4.78, 5) is 3.08. The van der Waals surface area contributed by atoms with Crippen molar-refractivity contribution in [2.45, 2.75) is 18.0 Å². The zero-order valence-electron chi connectivity index (χ0n) is 10.8. The molecule has 0 atom stereocenters. The van der Waals surface area contributed by atoms with Gasteiger partial charge in [-0.15, -0.1) is 0 Å². The summed E-state index contributed by atoms with van der Waals surface area (Å²) in [5.41, 5.74) is -0.0414. The summed E-state index contributed by atoms with van der Waals surface area (Å²) in [6, 6.07) is 4.82. The van der Waals surface area contributed by atoms with Gasteiger partial charge in [0.15, 0.2) is 5.82 Å². The minimum absolute atomic E-state index is 0.0594. The minimum atomic E-state index is -4.16. The number of hydrogen-bond donors (Lipinski definition) is 2. The van der Waals surface area contributed by atoms with E-state index in [9.17, 15) is 17.2 Å². The van der Waals surface area contributed by atoms with Gasteiger partial charge in [0.1, 0.15) is 10.7 Å². The zero-order chi connectivity index (χ0) is 15.5. The molecule has 8 heteroatoms. The Kier molecular flexibility index (Phi) is 4.61. The second-order valence-electron chi connectivity index (χ2n) is 4.18. The number of aromatic nitrogens is 1. The number of hydrogen-bond acceptors (Lipinski definition) is 4. The van der Waals surface area contributed by atoms with E-state index in [1.807, 2.05) is 0 Å². The molecule has 0 radical (unpaired) electrons. The van der Waals surface area contributed by atoms with Gasteiger partial charge in [-0.2, -0.15) is 0 Å². The number of aliphatic hydroxyl groups is 1. The number of nitrogens with one attached hydrogen (secondary N) is 1. The predicted octanol–water partition coefficient (Wildman–Crippen LogP) is 1.33. The largest absolute Gasteiger partial charge is 0.391 e. The summed E-state index contributed by atoms with van der Waals surface area (Å²) in [6.45, 7) is -0.985. The van der Waals surface area contributed by atoms with Crippen LogP contribution in [0, 0.1) is 11.6 Å². The molecule has 0 aliphatic heterocycles. The highest BCUT2D eigenvalue weighted by Crippen LogP contribution is 2.21. The number of halogens is 2. The quantitative estimate of drug-likeness (QED) is 0.872. The Hall–Kier alpha value is -1.90. The van der Waals surface area contributed by atoms with Crippen molar-refractivity contribution in [3.8, 4) is 0 Å². The van der Waals surface area contributed by atoms with E-state index in [1.54, 1.807) is 12.1 Å². The third-order valence-electron chi connectivity index (χ3n) is 2.81. The van der Waals surface area contributed by atoms with Gasteiger partial charge in [0, 0.05) is 18.9 Å². The lowest BCUT2D eigenvalue weighted by Gasteiger charge is -2.10. The second-order valence-corrected chi connectivity index (χ2v) is 5.91. The van der Waals surface area contributed by atoms with Gasteiger partial charge < -0.3 is 5.11 Å². The second kappa shape index (κ2) is 6.25. The fraction of sp³-hybridized carbons (Fsp3) is 0.154. The first-order chi connectivity index (χ1) is 9.95. The summed E-state index contributed by atoms with van der Waals surface area (Å²) in [5, 5.41) is 8.90. The monoisotopic (exact) mass is 314 g/mol. The molecule has 2 rings (SSSR count). The highest BCUT2D eigenvalue weighted by molar-refractivity contribution is 7.89. The van der Waals surface area contributed by atoms with Crippen LogP contribution in [-0.2, 0) is 23.2 Å². The number of benzene rings is 1. The van der Waals surface area contributed by atoms with E-state index in [0.717, 1.165) is 12.1 Å². The molecular formula is C13H12F2N2O3S. The maximum absolute atomic E-state index is 13.9. The van der Waals surface area contributed by atoms with E-state index < -0.39 is 38.7 Å². The Labute approximate surface area is 120 Å². The van der Waals surface area contributed by atoms with Crippen molar-refractivity contribution in [1.29, 1.82) is 0 Å². The summed E-state index contributed by atoms with van der Waals surface area (Å²) >= 11 is 0. The number of pyridine rings is 1. The van der Waals surface area contributed by atoms with Crippen LogP contribution in [0.5, 0.6) is 0 Å². The normalized spacial score (nSPS) is 11.6. The van der Waals surface area contributed by atoms with Gasteiger partial charge >= 0.3 is 0 Å². The number of nitrogens with zero attached hydrogens (tertiary/aromatic N) is 1. The molecule has 2 aromatic rings. The molecule has 0 unspecified atom stereocenters. The molecule has 1 aromatic carbocycles. The molecule has 0 amide bonds. The highest BCUT2D eigenvalue weighted by Gasteiger charge is 2.23. The van der Waals surface area contributed by atoms with Crippen molar-refractivity contribution < 1.29 is 22.3 Å². The molecule has 112 valence electrons. The van der Waals surface area contributed by atoms with E-state index in [0.29, 0.717) is 5.56 Å². The Balaban J connectivity index is 2.28. The molecule has 0 saturated carbocycles. The molecule has 0 aliphatic rings. The van der Waals surface area contributed by atoms with Crippen molar-refractivity contribution in [2.75, 3.05) is 0 Å². The molecule has 0 bridgehead atoms.